The van der Waals surface area contributed by atoms with Crippen LogP contribution in [0.5, 0.6) is 0 Å². The summed E-state index contributed by atoms with van der Waals surface area (Å²) >= 11 is 0. The molecule has 0 spiro atoms. The maximum Gasteiger partial charge on any atom is 0.229 e. The third-order valence-corrected chi connectivity index (χ3v) is 5.25. The second kappa shape index (κ2) is 9.32. The molecular formula is C28H21FN4. The van der Waals surface area contributed by atoms with Crippen molar-refractivity contribution in [2.75, 3.05) is 10.6 Å². The lowest BCUT2D eigenvalue weighted by Crippen LogP contribution is -2.03. The van der Waals surface area contributed by atoms with Crippen molar-refractivity contribution in [3.05, 3.63) is 121 Å². The predicted octanol–water partition coefficient (Wildman–Crippen LogP) is 7.44. The Bertz CT molecular complexity index is 1340. The average Bonchev–Trinajstić information content (AvgIpc) is 2.88. The van der Waals surface area contributed by atoms with Gasteiger partial charge in [-0.2, -0.15) is 4.98 Å². The van der Waals surface area contributed by atoms with E-state index in [1.807, 2.05) is 84.9 Å². The number of halogens is 1. The van der Waals surface area contributed by atoms with E-state index in [1.165, 1.54) is 0 Å². The average molecular weight is 433 g/mol. The molecule has 5 rings (SSSR count). The minimum absolute atomic E-state index is 0.112. The van der Waals surface area contributed by atoms with Gasteiger partial charge in [-0.15, -0.1) is 0 Å². The first-order valence-electron chi connectivity index (χ1n) is 10.6. The Balaban J connectivity index is 1.30. The summed E-state index contributed by atoms with van der Waals surface area (Å²) in [6.07, 6.45) is 1.16. The van der Waals surface area contributed by atoms with Crippen LogP contribution in [-0.4, -0.2) is 9.97 Å². The van der Waals surface area contributed by atoms with Gasteiger partial charge in [0.15, 0.2) is 11.6 Å². The Morgan fingerprint density at radius 2 is 0.970 bits per heavy atom. The highest BCUT2D eigenvalue weighted by Crippen LogP contribution is 2.25. The molecule has 1 aromatic heterocycles. The van der Waals surface area contributed by atoms with Gasteiger partial charge in [0.2, 0.25) is 5.95 Å². The van der Waals surface area contributed by atoms with Crippen LogP contribution in [0.3, 0.4) is 0 Å². The van der Waals surface area contributed by atoms with Crippen molar-refractivity contribution >= 4 is 23.1 Å². The van der Waals surface area contributed by atoms with E-state index in [2.05, 4.69) is 44.9 Å². The molecule has 0 fully saturated rings. The molecule has 0 unspecified atom stereocenters. The van der Waals surface area contributed by atoms with Crippen LogP contribution in [0.25, 0.3) is 22.3 Å². The maximum atomic E-state index is 14.4. The molecule has 0 bridgehead atoms. The van der Waals surface area contributed by atoms with E-state index in [4.69, 9.17) is 0 Å². The molecule has 5 heteroatoms. The molecule has 1 heterocycles. The van der Waals surface area contributed by atoms with Crippen LogP contribution < -0.4 is 10.6 Å². The van der Waals surface area contributed by atoms with E-state index < -0.39 is 5.82 Å². The second-order valence-corrected chi connectivity index (χ2v) is 7.53. The van der Waals surface area contributed by atoms with Gasteiger partial charge in [0, 0.05) is 11.4 Å². The molecule has 0 aliphatic heterocycles. The monoisotopic (exact) mass is 432 g/mol. The number of nitrogens with zero attached hydrogens (tertiary/aromatic N) is 2. The summed E-state index contributed by atoms with van der Waals surface area (Å²) in [5.41, 5.74) is 6.03. The molecule has 4 nitrogen and oxygen atoms in total. The summed E-state index contributed by atoms with van der Waals surface area (Å²) < 4.78 is 14.4. The van der Waals surface area contributed by atoms with Crippen LogP contribution in [0.15, 0.2) is 115 Å². The molecule has 5 aromatic rings. The van der Waals surface area contributed by atoms with Crippen LogP contribution in [0, 0.1) is 5.82 Å². The number of anilines is 4. The second-order valence-electron chi connectivity index (χ2n) is 7.53. The quantitative estimate of drug-likeness (QED) is 0.293. The van der Waals surface area contributed by atoms with Crippen LogP contribution in [0.4, 0.5) is 27.5 Å². The van der Waals surface area contributed by atoms with Gasteiger partial charge in [-0.1, -0.05) is 84.9 Å². The maximum absolute atomic E-state index is 14.4. The van der Waals surface area contributed by atoms with Gasteiger partial charge in [-0.25, -0.2) is 9.37 Å². The fourth-order valence-corrected chi connectivity index (χ4v) is 3.53. The highest BCUT2D eigenvalue weighted by Gasteiger charge is 2.09. The van der Waals surface area contributed by atoms with E-state index in [-0.39, 0.29) is 5.82 Å². The molecule has 4 aromatic carbocycles. The molecule has 0 aliphatic rings. The smallest absolute Gasteiger partial charge is 0.229 e. The van der Waals surface area contributed by atoms with Crippen molar-refractivity contribution in [2.45, 2.75) is 0 Å². The van der Waals surface area contributed by atoms with Crippen LogP contribution in [0.2, 0.25) is 0 Å². The molecular weight excluding hydrogens is 411 g/mol. The number of rotatable bonds is 6. The van der Waals surface area contributed by atoms with Crippen molar-refractivity contribution < 1.29 is 4.39 Å². The third-order valence-electron chi connectivity index (χ3n) is 5.25. The summed E-state index contributed by atoms with van der Waals surface area (Å²) in [4.78, 5) is 8.39. The Hall–Kier alpha value is -4.51. The molecule has 0 saturated carbocycles. The lowest BCUT2D eigenvalue weighted by atomic mass is 10.1. The van der Waals surface area contributed by atoms with Gasteiger partial charge in [-0.3, -0.25) is 0 Å². The molecule has 0 radical (unpaired) electrons. The molecule has 0 aliphatic carbocycles. The number of hydrogen-bond acceptors (Lipinski definition) is 4. The Labute approximate surface area is 191 Å². The highest BCUT2D eigenvalue weighted by molar-refractivity contribution is 5.69. The Kier molecular flexibility index (Phi) is 5.76. The fraction of sp³-hybridized carbons (Fsp3) is 0. The van der Waals surface area contributed by atoms with E-state index in [9.17, 15) is 4.39 Å². The minimum atomic E-state index is -0.521. The molecule has 0 saturated heterocycles. The SMILES string of the molecule is Fc1cnc(Nc2ccc(-c3ccccc3)cc2)nc1Nc1ccc(-c2ccccc2)cc1. The lowest BCUT2D eigenvalue weighted by molar-refractivity contribution is 0.619. The Morgan fingerprint density at radius 3 is 1.48 bits per heavy atom. The van der Waals surface area contributed by atoms with Gasteiger partial charge < -0.3 is 10.6 Å². The molecule has 0 atom stereocenters. The third kappa shape index (κ3) is 4.88. The van der Waals surface area contributed by atoms with Gasteiger partial charge in [0.1, 0.15) is 0 Å². The number of aromatic nitrogens is 2. The molecule has 2 N–H and O–H groups in total. The number of nitrogens with one attached hydrogen (secondary N) is 2. The van der Waals surface area contributed by atoms with Gasteiger partial charge >= 0.3 is 0 Å². The van der Waals surface area contributed by atoms with Crippen LogP contribution in [-0.2, 0) is 0 Å². The zero-order valence-corrected chi connectivity index (χ0v) is 17.7. The van der Waals surface area contributed by atoms with Crippen molar-refractivity contribution in [1.82, 2.24) is 9.97 Å². The van der Waals surface area contributed by atoms with E-state index in [1.54, 1.807) is 0 Å². The first kappa shape index (κ1) is 20.4. The topological polar surface area (TPSA) is 49.8 Å². The van der Waals surface area contributed by atoms with Crippen molar-refractivity contribution in [1.29, 1.82) is 0 Å². The summed E-state index contributed by atoms with van der Waals surface area (Å²) in [6.45, 7) is 0. The van der Waals surface area contributed by atoms with Crippen molar-refractivity contribution in [3.8, 4) is 22.3 Å². The standard InChI is InChI=1S/C28H21FN4/c29-26-19-30-28(32-25-17-13-23(14-18-25)21-9-5-2-6-10-21)33-27(26)31-24-15-11-22(12-16-24)20-7-3-1-4-8-20/h1-19H,(H2,30,31,32,33). The first-order valence-corrected chi connectivity index (χ1v) is 10.6. The largest absolute Gasteiger partial charge is 0.338 e. The van der Waals surface area contributed by atoms with Crippen LogP contribution >= 0.6 is 0 Å². The number of benzene rings is 4. The van der Waals surface area contributed by atoms with Gasteiger partial charge in [0.05, 0.1) is 6.20 Å². The zero-order valence-electron chi connectivity index (χ0n) is 17.7. The van der Waals surface area contributed by atoms with E-state index in [0.29, 0.717) is 5.95 Å². The summed E-state index contributed by atoms with van der Waals surface area (Å²) in [7, 11) is 0. The molecule has 0 amide bonds. The summed E-state index contributed by atoms with van der Waals surface area (Å²) in [5.74, 6) is -0.0970. The first-order chi connectivity index (χ1) is 16.2. The van der Waals surface area contributed by atoms with Crippen LogP contribution in [0.1, 0.15) is 0 Å². The minimum Gasteiger partial charge on any atom is -0.338 e. The van der Waals surface area contributed by atoms with E-state index >= 15 is 0 Å². The van der Waals surface area contributed by atoms with Gasteiger partial charge in [-0.05, 0) is 46.5 Å². The fourth-order valence-electron chi connectivity index (χ4n) is 3.53. The predicted molar refractivity (Wildman–Crippen MR) is 132 cm³/mol. The molecule has 33 heavy (non-hydrogen) atoms. The summed E-state index contributed by atoms with van der Waals surface area (Å²) in [5, 5.41) is 6.18. The molecule has 160 valence electrons. The number of hydrogen-bond donors (Lipinski definition) is 2. The highest BCUT2D eigenvalue weighted by atomic mass is 19.1. The van der Waals surface area contributed by atoms with Crippen molar-refractivity contribution in [3.63, 3.8) is 0 Å². The lowest BCUT2D eigenvalue weighted by Gasteiger charge is -2.11. The van der Waals surface area contributed by atoms with Crippen molar-refractivity contribution in [2.24, 2.45) is 0 Å². The normalized spacial score (nSPS) is 10.6. The van der Waals surface area contributed by atoms with E-state index in [0.717, 1.165) is 39.8 Å². The zero-order chi connectivity index (χ0) is 22.5. The van der Waals surface area contributed by atoms with Gasteiger partial charge in [0.25, 0.3) is 0 Å². The summed E-state index contributed by atoms with van der Waals surface area (Å²) in [6, 6.07) is 36.0. The Morgan fingerprint density at radius 1 is 0.515 bits per heavy atom.